The second-order valence-electron chi connectivity index (χ2n) is 8.05. The Balaban J connectivity index is 1.43. The highest BCUT2D eigenvalue weighted by Crippen LogP contribution is 2.43. The number of carbonyl (C=O) groups excluding carboxylic acids is 1. The smallest absolute Gasteiger partial charge is 0.259 e. The van der Waals surface area contributed by atoms with E-state index in [1.807, 2.05) is 17.0 Å². The summed E-state index contributed by atoms with van der Waals surface area (Å²) in [6, 6.07) is 7.23. The molecule has 1 saturated heterocycles. The molecule has 10 nitrogen and oxygen atoms in total. The first kappa shape index (κ1) is 21.4. The van der Waals surface area contributed by atoms with Crippen LogP contribution in [0, 0.1) is 0 Å². The molecule has 10 heteroatoms. The van der Waals surface area contributed by atoms with Gasteiger partial charge < -0.3 is 19.1 Å². The first-order chi connectivity index (χ1) is 16.1. The number of guanidine groups is 1. The zero-order chi connectivity index (χ0) is 22.8. The van der Waals surface area contributed by atoms with Crippen molar-refractivity contribution in [1.29, 1.82) is 0 Å². The van der Waals surface area contributed by atoms with Gasteiger partial charge in [-0.1, -0.05) is 0 Å². The summed E-state index contributed by atoms with van der Waals surface area (Å²) >= 11 is 0. The average Bonchev–Trinajstić information content (AvgIpc) is 3.33. The molecule has 172 valence electrons. The van der Waals surface area contributed by atoms with Crippen molar-refractivity contribution in [2.24, 2.45) is 9.98 Å². The minimum Gasteiger partial charge on any atom is -0.491 e. The minimum absolute atomic E-state index is 0.0166. The van der Waals surface area contributed by atoms with Gasteiger partial charge in [-0.25, -0.2) is 4.99 Å². The van der Waals surface area contributed by atoms with Crippen LogP contribution in [-0.4, -0.2) is 92.1 Å². The predicted octanol–water partition coefficient (Wildman–Crippen LogP) is 1.29. The topological polar surface area (TPSA) is 101 Å². The molecule has 0 saturated carbocycles. The molecule has 33 heavy (non-hydrogen) atoms. The van der Waals surface area contributed by atoms with Crippen molar-refractivity contribution in [3.05, 3.63) is 47.8 Å². The largest absolute Gasteiger partial charge is 0.491 e. The van der Waals surface area contributed by atoms with Gasteiger partial charge in [0, 0.05) is 37.6 Å². The maximum Gasteiger partial charge on any atom is 0.259 e. The SMILES string of the molecule is COc1c(OCC2CN(C)CCO2)ccc2c1N=C(NC(=O)c1cccnc1)N1CCN=C21. The summed E-state index contributed by atoms with van der Waals surface area (Å²) in [5.74, 6) is 1.94. The normalized spacial score (nSPS) is 19.8. The molecule has 3 aliphatic rings. The number of hydrogen-bond donors (Lipinski definition) is 1. The van der Waals surface area contributed by atoms with Gasteiger partial charge in [-0.3, -0.25) is 25.0 Å². The number of rotatable bonds is 5. The van der Waals surface area contributed by atoms with Crippen molar-refractivity contribution >= 4 is 23.4 Å². The quantitative estimate of drug-likeness (QED) is 0.733. The molecule has 1 aromatic heterocycles. The van der Waals surface area contributed by atoms with Crippen LogP contribution >= 0.6 is 0 Å². The Bertz CT molecular complexity index is 1100. The number of benzene rings is 1. The Kier molecular flexibility index (Phi) is 5.93. The number of likely N-dealkylation sites (N-methyl/N-ethyl adjacent to an activating group) is 1. The van der Waals surface area contributed by atoms with E-state index in [2.05, 4.69) is 27.2 Å². The molecule has 2 aromatic rings. The Morgan fingerprint density at radius 3 is 3.00 bits per heavy atom. The number of nitrogens with one attached hydrogen (secondary N) is 1. The van der Waals surface area contributed by atoms with Gasteiger partial charge in [0.25, 0.3) is 5.91 Å². The van der Waals surface area contributed by atoms with Crippen molar-refractivity contribution in [2.75, 3.05) is 53.6 Å². The number of morpholine rings is 1. The molecule has 1 atom stereocenters. The highest BCUT2D eigenvalue weighted by molar-refractivity contribution is 6.20. The van der Waals surface area contributed by atoms with Crippen molar-refractivity contribution in [3.63, 3.8) is 0 Å². The number of carbonyl (C=O) groups is 1. The van der Waals surface area contributed by atoms with E-state index in [-0.39, 0.29) is 12.0 Å². The lowest BCUT2D eigenvalue weighted by Gasteiger charge is -2.30. The summed E-state index contributed by atoms with van der Waals surface area (Å²) < 4.78 is 17.6. The number of amidine groups is 1. The number of amides is 1. The van der Waals surface area contributed by atoms with Crippen LogP contribution in [0.15, 0.2) is 46.6 Å². The van der Waals surface area contributed by atoms with Crippen LogP contribution in [0.3, 0.4) is 0 Å². The van der Waals surface area contributed by atoms with E-state index in [1.165, 1.54) is 6.20 Å². The fourth-order valence-corrected chi connectivity index (χ4v) is 4.12. The lowest BCUT2D eigenvalue weighted by atomic mass is 10.1. The molecule has 0 spiro atoms. The lowest BCUT2D eigenvalue weighted by Crippen LogP contribution is -2.47. The standard InChI is InChI=1S/C23H26N6O4/c1-28-10-11-32-16(13-28)14-33-18-6-5-17-19(20(18)31-2)26-23(29-9-8-25-21(17)29)27-22(30)15-4-3-7-24-12-15/h3-7,12,16H,8-11,13-14H2,1-2H3,(H,26,27,30). The number of methoxy groups -OCH3 is 1. The molecule has 1 fully saturated rings. The number of ether oxygens (including phenoxy) is 3. The number of aromatic nitrogens is 1. The van der Waals surface area contributed by atoms with Gasteiger partial charge in [0.05, 0.1) is 25.8 Å². The highest BCUT2D eigenvalue weighted by atomic mass is 16.5. The lowest BCUT2D eigenvalue weighted by molar-refractivity contribution is -0.0406. The minimum atomic E-state index is -0.290. The Morgan fingerprint density at radius 2 is 2.21 bits per heavy atom. The molecule has 0 bridgehead atoms. The fourth-order valence-electron chi connectivity index (χ4n) is 4.12. The summed E-state index contributed by atoms with van der Waals surface area (Å²) in [6.07, 6.45) is 3.12. The molecule has 0 radical (unpaired) electrons. The second-order valence-corrected chi connectivity index (χ2v) is 8.05. The predicted molar refractivity (Wildman–Crippen MR) is 123 cm³/mol. The molecule has 1 unspecified atom stereocenters. The summed E-state index contributed by atoms with van der Waals surface area (Å²) in [4.78, 5) is 30.3. The highest BCUT2D eigenvalue weighted by Gasteiger charge is 2.33. The first-order valence-electron chi connectivity index (χ1n) is 10.9. The first-order valence-corrected chi connectivity index (χ1v) is 10.9. The number of pyridine rings is 1. The van der Waals surface area contributed by atoms with Gasteiger partial charge >= 0.3 is 0 Å². The fraction of sp³-hybridized carbons (Fsp3) is 0.391. The van der Waals surface area contributed by atoms with E-state index < -0.39 is 0 Å². The van der Waals surface area contributed by atoms with Crippen LogP contribution in [0.2, 0.25) is 0 Å². The zero-order valence-electron chi connectivity index (χ0n) is 18.7. The van der Waals surface area contributed by atoms with Gasteiger partial charge in [0.2, 0.25) is 5.96 Å². The van der Waals surface area contributed by atoms with Gasteiger partial charge in [-0.15, -0.1) is 0 Å². The van der Waals surface area contributed by atoms with Gasteiger partial charge in [-0.05, 0) is 31.3 Å². The monoisotopic (exact) mass is 450 g/mol. The number of aliphatic imine (C=N–C) groups is 2. The Hall–Kier alpha value is -3.50. The van der Waals surface area contributed by atoms with Crippen LogP contribution in [0.5, 0.6) is 11.5 Å². The van der Waals surface area contributed by atoms with Crippen molar-refractivity contribution in [1.82, 2.24) is 20.1 Å². The van der Waals surface area contributed by atoms with Gasteiger partial charge in [0.15, 0.2) is 11.5 Å². The molecular formula is C23H26N6O4. The van der Waals surface area contributed by atoms with Crippen molar-refractivity contribution in [3.8, 4) is 11.5 Å². The van der Waals surface area contributed by atoms with E-state index >= 15 is 0 Å². The van der Waals surface area contributed by atoms with Crippen LogP contribution in [0.25, 0.3) is 0 Å². The van der Waals surface area contributed by atoms with E-state index in [9.17, 15) is 4.79 Å². The summed E-state index contributed by atoms with van der Waals surface area (Å²) in [5, 5.41) is 2.90. The van der Waals surface area contributed by atoms with Crippen molar-refractivity contribution in [2.45, 2.75) is 6.10 Å². The average molecular weight is 450 g/mol. The Morgan fingerprint density at radius 1 is 1.30 bits per heavy atom. The second kappa shape index (κ2) is 9.16. The summed E-state index contributed by atoms with van der Waals surface area (Å²) in [5.41, 5.74) is 1.87. The van der Waals surface area contributed by atoms with Crippen LogP contribution in [0.1, 0.15) is 15.9 Å². The molecule has 0 aliphatic carbocycles. The van der Waals surface area contributed by atoms with Crippen LogP contribution in [0.4, 0.5) is 5.69 Å². The summed E-state index contributed by atoms with van der Waals surface area (Å²) in [7, 11) is 3.65. The molecule has 3 aliphatic heterocycles. The van der Waals surface area contributed by atoms with E-state index in [1.54, 1.807) is 25.4 Å². The Labute approximate surface area is 191 Å². The maximum absolute atomic E-state index is 12.8. The molecular weight excluding hydrogens is 424 g/mol. The third-order valence-electron chi connectivity index (χ3n) is 5.77. The molecule has 1 aromatic carbocycles. The number of nitrogens with zero attached hydrogens (tertiary/aromatic N) is 5. The van der Waals surface area contributed by atoms with E-state index in [4.69, 9.17) is 19.2 Å². The maximum atomic E-state index is 12.8. The third kappa shape index (κ3) is 4.27. The van der Waals surface area contributed by atoms with Gasteiger partial charge in [-0.2, -0.15) is 0 Å². The number of hydrogen-bond acceptors (Lipinski definition) is 9. The van der Waals surface area contributed by atoms with Crippen LogP contribution < -0.4 is 14.8 Å². The molecule has 1 N–H and O–H groups in total. The van der Waals surface area contributed by atoms with Crippen LogP contribution in [-0.2, 0) is 4.74 Å². The molecule has 4 heterocycles. The van der Waals surface area contributed by atoms with E-state index in [0.717, 1.165) is 24.5 Å². The third-order valence-corrected chi connectivity index (χ3v) is 5.77. The molecule has 5 rings (SSSR count). The molecule has 1 amide bonds. The summed E-state index contributed by atoms with van der Waals surface area (Å²) in [6.45, 7) is 4.06. The van der Waals surface area contributed by atoms with Crippen molar-refractivity contribution < 1.29 is 19.0 Å². The number of fused-ring (bicyclic) bond motifs is 3. The van der Waals surface area contributed by atoms with Gasteiger partial charge in [0.1, 0.15) is 24.2 Å². The van der Waals surface area contributed by atoms with E-state index in [0.29, 0.717) is 55.0 Å². The zero-order valence-corrected chi connectivity index (χ0v) is 18.7.